The Labute approximate surface area is 158 Å². The lowest BCUT2D eigenvalue weighted by molar-refractivity contribution is -0.148. The number of aromatic amines is 1. The average Bonchev–Trinajstić information content (AvgIpc) is 2.99. The van der Waals surface area contributed by atoms with Crippen LogP contribution in [0.1, 0.15) is 18.9 Å². The number of carbonyl (C=O) groups excluding carboxylic acids is 2. The molecule has 1 aromatic rings. The number of aromatic nitrogens is 2. The largest absolute Gasteiger partial charge is 0.508 e. The summed E-state index contributed by atoms with van der Waals surface area (Å²) >= 11 is 0. The molecule has 12 heteroatoms. The number of nitrogens with zero attached hydrogens (tertiary/aromatic N) is 1. The summed E-state index contributed by atoms with van der Waals surface area (Å²) in [5, 5.41) is 11.6. The molecule has 1 saturated heterocycles. The maximum absolute atomic E-state index is 11.5. The van der Waals surface area contributed by atoms with Gasteiger partial charge in [0.2, 0.25) is 0 Å². The van der Waals surface area contributed by atoms with E-state index < -0.39 is 42.2 Å². The minimum absolute atomic E-state index is 0.120. The normalized spacial score (nSPS) is 21.3. The van der Waals surface area contributed by atoms with Crippen molar-refractivity contribution in [1.82, 2.24) is 9.97 Å². The van der Waals surface area contributed by atoms with E-state index in [0.717, 1.165) is 13.2 Å². The van der Waals surface area contributed by atoms with Crippen molar-refractivity contribution in [3.63, 3.8) is 0 Å². The molecule has 0 unspecified atom stereocenters. The zero-order valence-electron chi connectivity index (χ0n) is 15.0. The van der Waals surface area contributed by atoms with Crippen LogP contribution < -0.4 is 11.0 Å². The molecule has 0 radical (unpaired) electrons. The number of carboxylic acids is 1. The molecule has 0 saturated carbocycles. The van der Waals surface area contributed by atoms with E-state index >= 15 is 0 Å². The summed E-state index contributed by atoms with van der Waals surface area (Å²) in [5.74, 6) is -1.62. The number of rotatable bonds is 7. The quantitative estimate of drug-likeness (QED) is 0.422. The van der Waals surface area contributed by atoms with Gasteiger partial charge in [-0.25, -0.2) is 19.4 Å². The van der Waals surface area contributed by atoms with E-state index in [-0.39, 0.29) is 24.4 Å². The monoisotopic (exact) mass is 397 g/mol. The molecule has 3 atom stereocenters. The maximum Gasteiger partial charge on any atom is 0.508 e. The highest BCUT2D eigenvalue weighted by atomic mass is 16.7. The predicted molar refractivity (Wildman–Crippen MR) is 92.3 cm³/mol. The lowest BCUT2D eigenvalue weighted by Crippen LogP contribution is -2.34. The van der Waals surface area contributed by atoms with Crippen molar-refractivity contribution in [3.05, 3.63) is 28.3 Å². The number of methoxy groups -OCH3 is 1. The standard InChI is InChI=1S/C16H19N3O9/c1-8(20)27-11-5-10(7-26-16(24)25-2)28-14(11)18-13-9(3-4-12(21)22)6-17-15(23)19-13/h3-4,6,10-11,14H,5,7H2,1-2H3,(H,21,22)(H2,17,18,19,23)/t10-,11+,14+/m0/s1. The van der Waals surface area contributed by atoms with Crippen LogP contribution in [-0.2, 0) is 28.5 Å². The molecular formula is C16H19N3O9. The summed E-state index contributed by atoms with van der Waals surface area (Å²) in [6.45, 7) is 1.09. The number of hydrogen-bond donors (Lipinski definition) is 3. The van der Waals surface area contributed by atoms with Crippen LogP contribution in [0, 0.1) is 0 Å². The molecule has 1 aliphatic rings. The summed E-state index contributed by atoms with van der Waals surface area (Å²) in [6, 6.07) is 0. The molecule has 0 amide bonds. The van der Waals surface area contributed by atoms with E-state index in [0.29, 0.717) is 0 Å². The second-order valence-corrected chi connectivity index (χ2v) is 5.66. The molecule has 28 heavy (non-hydrogen) atoms. The lowest BCUT2D eigenvalue weighted by atomic mass is 10.2. The van der Waals surface area contributed by atoms with E-state index in [4.69, 9.17) is 19.3 Å². The Morgan fingerprint density at radius 3 is 2.86 bits per heavy atom. The average molecular weight is 397 g/mol. The van der Waals surface area contributed by atoms with Crippen molar-refractivity contribution in [1.29, 1.82) is 0 Å². The Morgan fingerprint density at radius 1 is 1.46 bits per heavy atom. The van der Waals surface area contributed by atoms with Crippen LogP contribution in [0.15, 0.2) is 17.1 Å². The topological polar surface area (TPSA) is 166 Å². The van der Waals surface area contributed by atoms with Crippen LogP contribution >= 0.6 is 0 Å². The van der Waals surface area contributed by atoms with E-state index in [1.807, 2.05) is 0 Å². The zero-order chi connectivity index (χ0) is 20.7. The maximum atomic E-state index is 11.5. The first-order valence-electron chi connectivity index (χ1n) is 8.08. The first-order valence-corrected chi connectivity index (χ1v) is 8.08. The Hall–Kier alpha value is -3.41. The number of esters is 1. The molecule has 0 aromatic carbocycles. The highest BCUT2D eigenvalue weighted by molar-refractivity contribution is 5.86. The van der Waals surface area contributed by atoms with Gasteiger partial charge in [0.25, 0.3) is 0 Å². The molecule has 152 valence electrons. The summed E-state index contributed by atoms with van der Waals surface area (Å²) in [7, 11) is 1.16. The van der Waals surface area contributed by atoms with Crippen molar-refractivity contribution in [3.8, 4) is 0 Å². The number of carboxylic acid groups (broad SMARTS) is 1. The fraction of sp³-hybridized carbons (Fsp3) is 0.438. The molecule has 1 fully saturated rings. The first kappa shape index (κ1) is 20.9. The number of H-pyrrole nitrogens is 1. The van der Waals surface area contributed by atoms with Gasteiger partial charge < -0.3 is 29.4 Å². The third-order valence-corrected chi connectivity index (χ3v) is 3.58. The third kappa shape index (κ3) is 6.09. The summed E-state index contributed by atoms with van der Waals surface area (Å²) < 4.78 is 20.1. The van der Waals surface area contributed by atoms with Crippen molar-refractivity contribution >= 4 is 30.0 Å². The van der Waals surface area contributed by atoms with Gasteiger partial charge >= 0.3 is 23.8 Å². The van der Waals surface area contributed by atoms with E-state index in [9.17, 15) is 19.2 Å². The van der Waals surface area contributed by atoms with Gasteiger partial charge in [-0.1, -0.05) is 0 Å². The van der Waals surface area contributed by atoms with Crippen LogP contribution in [0.5, 0.6) is 0 Å². The first-order chi connectivity index (χ1) is 13.3. The summed E-state index contributed by atoms with van der Waals surface area (Å²) in [6.07, 6.45) is 0.337. The number of anilines is 1. The smallest absolute Gasteiger partial charge is 0.478 e. The van der Waals surface area contributed by atoms with E-state index in [1.165, 1.54) is 19.2 Å². The SMILES string of the molecule is COC(=O)OC[C@@H]1C[C@@H](OC(C)=O)[C@H](Nc2[nH]c(=O)ncc2C=CC(=O)O)O1. The van der Waals surface area contributed by atoms with Crippen molar-refractivity contribution < 1.29 is 38.4 Å². The number of carbonyl (C=O) groups is 3. The number of hydrogen-bond acceptors (Lipinski definition) is 10. The highest BCUT2D eigenvalue weighted by Crippen LogP contribution is 2.26. The third-order valence-electron chi connectivity index (χ3n) is 3.58. The number of ether oxygens (including phenoxy) is 4. The van der Waals surface area contributed by atoms with E-state index in [2.05, 4.69) is 20.0 Å². The summed E-state index contributed by atoms with van der Waals surface area (Å²) in [5.41, 5.74) is -0.413. The fourth-order valence-corrected chi connectivity index (χ4v) is 2.46. The van der Waals surface area contributed by atoms with Crippen molar-refractivity contribution in [2.75, 3.05) is 19.0 Å². The molecule has 12 nitrogen and oxygen atoms in total. The van der Waals surface area contributed by atoms with E-state index in [1.54, 1.807) is 0 Å². The fourth-order valence-electron chi connectivity index (χ4n) is 2.46. The number of nitrogens with one attached hydrogen (secondary N) is 2. The molecule has 2 rings (SSSR count). The molecule has 0 aliphatic carbocycles. The van der Waals surface area contributed by atoms with Gasteiger partial charge in [-0.15, -0.1) is 0 Å². The van der Waals surface area contributed by atoms with Crippen LogP contribution in [0.2, 0.25) is 0 Å². The Morgan fingerprint density at radius 2 is 2.21 bits per heavy atom. The molecular weight excluding hydrogens is 378 g/mol. The van der Waals surface area contributed by atoms with Crippen LogP contribution in [0.3, 0.4) is 0 Å². The van der Waals surface area contributed by atoms with Gasteiger partial charge in [0.1, 0.15) is 18.5 Å². The Kier molecular flexibility index (Phi) is 7.09. The minimum Gasteiger partial charge on any atom is -0.478 e. The molecule has 0 spiro atoms. The molecule has 1 aliphatic heterocycles. The van der Waals surface area contributed by atoms with Crippen LogP contribution in [0.25, 0.3) is 6.08 Å². The molecule has 2 heterocycles. The number of aliphatic carboxylic acids is 1. The van der Waals surface area contributed by atoms with Crippen molar-refractivity contribution in [2.24, 2.45) is 0 Å². The molecule has 0 bridgehead atoms. The van der Waals surface area contributed by atoms with Crippen LogP contribution in [-0.4, -0.2) is 65.3 Å². The molecule has 3 N–H and O–H groups in total. The predicted octanol–water partition coefficient (Wildman–Crippen LogP) is 0.109. The lowest BCUT2D eigenvalue weighted by Gasteiger charge is -2.21. The zero-order valence-corrected chi connectivity index (χ0v) is 15.0. The second kappa shape index (κ2) is 9.50. The van der Waals surface area contributed by atoms with Gasteiger partial charge in [0.05, 0.1) is 13.2 Å². The molecule has 1 aromatic heterocycles. The van der Waals surface area contributed by atoms with Gasteiger partial charge in [0.15, 0.2) is 6.23 Å². The van der Waals surface area contributed by atoms with Crippen molar-refractivity contribution in [2.45, 2.75) is 31.8 Å². The van der Waals surface area contributed by atoms with Gasteiger partial charge in [-0.3, -0.25) is 9.78 Å². The second-order valence-electron chi connectivity index (χ2n) is 5.66. The van der Waals surface area contributed by atoms with Gasteiger partial charge in [-0.2, -0.15) is 0 Å². The highest BCUT2D eigenvalue weighted by Gasteiger charge is 2.38. The van der Waals surface area contributed by atoms with Crippen LogP contribution in [0.4, 0.5) is 10.6 Å². The van der Waals surface area contributed by atoms with Gasteiger partial charge in [0, 0.05) is 31.2 Å². The Bertz CT molecular complexity index is 820. The Balaban J connectivity index is 2.18. The van der Waals surface area contributed by atoms with Gasteiger partial charge in [-0.05, 0) is 6.08 Å². The summed E-state index contributed by atoms with van der Waals surface area (Å²) in [4.78, 5) is 50.7. The minimum atomic E-state index is -1.19.